The molecular formula is C40H60N6O9. The van der Waals surface area contributed by atoms with Gasteiger partial charge in [-0.25, -0.2) is 0 Å². The van der Waals surface area contributed by atoms with Crippen molar-refractivity contribution in [3.8, 4) is 0 Å². The number of Topliss-reactive ketones (excluding diaryl/α,β-unsaturated/α-hetero) is 1. The van der Waals surface area contributed by atoms with Crippen LogP contribution in [0.25, 0.3) is 0 Å². The highest BCUT2D eigenvalue weighted by molar-refractivity contribution is 6.03. The van der Waals surface area contributed by atoms with Gasteiger partial charge in [-0.15, -0.1) is 0 Å². The third kappa shape index (κ3) is 15.5. The van der Waals surface area contributed by atoms with Crippen molar-refractivity contribution in [2.45, 2.75) is 111 Å². The van der Waals surface area contributed by atoms with Crippen LogP contribution in [0.2, 0.25) is 0 Å². The Labute approximate surface area is 324 Å². The molecule has 3 rings (SSSR count). The fourth-order valence-corrected chi connectivity index (χ4v) is 6.12. The molecule has 1 aromatic rings. The van der Waals surface area contributed by atoms with Crippen molar-refractivity contribution < 1.29 is 43.1 Å². The second-order valence-electron chi connectivity index (χ2n) is 16.5. The summed E-state index contributed by atoms with van der Waals surface area (Å²) < 4.78 is 5.73. The first-order chi connectivity index (χ1) is 25.9. The van der Waals surface area contributed by atoms with Gasteiger partial charge in [0.1, 0.15) is 18.9 Å². The van der Waals surface area contributed by atoms with Crippen molar-refractivity contribution in [1.29, 1.82) is 0 Å². The number of likely N-dealkylation sites (tertiary alicyclic amines) is 1. The maximum atomic E-state index is 13.1. The largest absolute Gasteiger partial charge is 0.350 e. The van der Waals surface area contributed by atoms with Gasteiger partial charge in [0.05, 0.1) is 25.6 Å². The third-order valence-corrected chi connectivity index (χ3v) is 9.69. The average Bonchev–Trinajstić information content (AvgIpc) is 3.92. The molecule has 5 N–H and O–H groups in total. The molecule has 1 aliphatic carbocycles. The summed E-state index contributed by atoms with van der Waals surface area (Å²) in [5.41, 5.74) is 0.0743. The van der Waals surface area contributed by atoms with Crippen LogP contribution >= 0.6 is 0 Å². The van der Waals surface area contributed by atoms with E-state index < -0.39 is 47.7 Å². The molecule has 0 radical (unpaired) electrons. The van der Waals surface area contributed by atoms with Gasteiger partial charge in [0, 0.05) is 24.8 Å². The van der Waals surface area contributed by atoms with E-state index in [9.17, 15) is 38.4 Å². The number of ether oxygens (including phenoxy) is 1. The minimum Gasteiger partial charge on any atom is -0.350 e. The molecule has 1 saturated carbocycles. The number of imide groups is 1. The number of ketones is 1. The summed E-state index contributed by atoms with van der Waals surface area (Å²) in [5, 5.41) is 12.7. The van der Waals surface area contributed by atoms with Crippen molar-refractivity contribution in [2.75, 3.05) is 32.9 Å². The van der Waals surface area contributed by atoms with E-state index in [1.165, 1.54) is 4.90 Å². The van der Waals surface area contributed by atoms with Gasteiger partial charge in [0.15, 0.2) is 5.78 Å². The van der Waals surface area contributed by atoms with Crippen LogP contribution in [0.5, 0.6) is 0 Å². The highest BCUT2D eigenvalue weighted by atomic mass is 16.5. The zero-order valence-corrected chi connectivity index (χ0v) is 33.2. The Kier molecular flexibility index (Phi) is 17.0. The maximum absolute atomic E-state index is 13.1. The zero-order chi connectivity index (χ0) is 40.8. The molecule has 1 heterocycles. The SMILES string of the molecule is CC(C)(C)C(=O)[C@@H](OCNC(=O)CNC(=O)[C@H](CCc1ccccc1)NC(=O)CNC(=O)CNC(=O)CCCCCN1C(=O)CC(C(C)(C)C)C1=O)C1CC1. The number of carbonyl (C=O) groups is 8. The summed E-state index contributed by atoms with van der Waals surface area (Å²) in [5.74, 6) is -3.22. The van der Waals surface area contributed by atoms with E-state index in [0.29, 0.717) is 32.2 Å². The van der Waals surface area contributed by atoms with Crippen LogP contribution in [0.1, 0.15) is 98.5 Å². The molecule has 1 unspecified atom stereocenters. The van der Waals surface area contributed by atoms with Crippen LogP contribution in [0.4, 0.5) is 0 Å². The molecule has 0 bridgehead atoms. The second kappa shape index (κ2) is 20.9. The number of rotatable bonds is 22. The summed E-state index contributed by atoms with van der Waals surface area (Å²) in [6.07, 6.45) is 3.94. The molecule has 1 aliphatic heterocycles. The number of amides is 7. The van der Waals surface area contributed by atoms with Gasteiger partial charge in [-0.05, 0) is 55.4 Å². The van der Waals surface area contributed by atoms with E-state index in [-0.39, 0.29) is 79.8 Å². The Hall–Kier alpha value is -4.66. The van der Waals surface area contributed by atoms with E-state index in [1.54, 1.807) is 0 Å². The van der Waals surface area contributed by atoms with Gasteiger partial charge in [0.25, 0.3) is 0 Å². The third-order valence-electron chi connectivity index (χ3n) is 9.69. The van der Waals surface area contributed by atoms with Crippen molar-refractivity contribution in [3.05, 3.63) is 35.9 Å². The fraction of sp³-hybridized carbons (Fsp3) is 0.650. The second-order valence-corrected chi connectivity index (χ2v) is 16.5. The molecule has 1 aromatic carbocycles. The Balaban J connectivity index is 1.36. The molecular weight excluding hydrogens is 708 g/mol. The van der Waals surface area contributed by atoms with Gasteiger partial charge in [0.2, 0.25) is 41.4 Å². The van der Waals surface area contributed by atoms with Crippen LogP contribution < -0.4 is 26.6 Å². The molecule has 7 amide bonds. The first kappa shape index (κ1) is 44.7. The van der Waals surface area contributed by atoms with E-state index in [1.807, 2.05) is 71.9 Å². The van der Waals surface area contributed by atoms with Crippen molar-refractivity contribution >= 4 is 47.1 Å². The van der Waals surface area contributed by atoms with Crippen LogP contribution in [-0.2, 0) is 49.5 Å². The van der Waals surface area contributed by atoms with E-state index in [2.05, 4.69) is 26.6 Å². The molecule has 3 atom stereocenters. The lowest BCUT2D eigenvalue weighted by molar-refractivity contribution is -0.142. The minimum atomic E-state index is -1.02. The highest BCUT2D eigenvalue weighted by Crippen LogP contribution is 2.38. The summed E-state index contributed by atoms with van der Waals surface area (Å²) in [6, 6.07) is 8.34. The number of unbranched alkanes of at least 4 members (excludes halogenated alkanes) is 2. The van der Waals surface area contributed by atoms with Crippen LogP contribution in [0.3, 0.4) is 0 Å². The molecule has 2 aliphatic rings. The first-order valence-corrected chi connectivity index (χ1v) is 19.3. The quantitative estimate of drug-likeness (QED) is 0.0662. The van der Waals surface area contributed by atoms with E-state index in [4.69, 9.17) is 4.74 Å². The smallest absolute Gasteiger partial charge is 0.243 e. The predicted octanol–water partition coefficient (Wildman–Crippen LogP) is 1.92. The molecule has 2 fully saturated rings. The maximum Gasteiger partial charge on any atom is 0.243 e. The molecule has 55 heavy (non-hydrogen) atoms. The van der Waals surface area contributed by atoms with E-state index >= 15 is 0 Å². The number of hydrogen-bond acceptors (Lipinski definition) is 9. The number of nitrogens with one attached hydrogen (secondary N) is 5. The molecule has 15 heteroatoms. The highest BCUT2D eigenvalue weighted by Gasteiger charge is 2.44. The van der Waals surface area contributed by atoms with Gasteiger partial charge >= 0.3 is 0 Å². The standard InChI is InChI=1S/C40H60N6O9/c1-39(2,3)28-21-34(51)46(38(28)54)20-12-8-11-15-30(47)41-22-31(48)42-24-33(50)45-29(19-16-26-13-9-7-10-14-26)37(53)43-23-32(49)44-25-55-35(27-17-18-27)36(52)40(4,5)6/h7,9-10,13-14,27-29,35H,8,11-12,15-25H2,1-6H3,(H,41,47)(H,42,48)(H,43,53)(H,44,49)(H,45,50)/t28?,29-,35-/m0/s1. The summed E-state index contributed by atoms with van der Waals surface area (Å²) in [7, 11) is 0. The Bertz CT molecular complexity index is 1530. The van der Waals surface area contributed by atoms with Gasteiger partial charge in [-0.3, -0.25) is 43.3 Å². The lowest BCUT2D eigenvalue weighted by atomic mass is 9.80. The summed E-state index contributed by atoms with van der Waals surface area (Å²) in [6.45, 7) is 10.3. The van der Waals surface area contributed by atoms with Crippen LogP contribution in [-0.4, -0.2) is 97.1 Å². The molecule has 304 valence electrons. The molecule has 15 nitrogen and oxygen atoms in total. The van der Waals surface area contributed by atoms with Crippen molar-refractivity contribution in [2.24, 2.45) is 22.7 Å². The van der Waals surface area contributed by atoms with Crippen LogP contribution in [0.15, 0.2) is 30.3 Å². The Morgan fingerprint density at radius 2 is 1.40 bits per heavy atom. The van der Waals surface area contributed by atoms with Crippen molar-refractivity contribution in [1.82, 2.24) is 31.5 Å². The topological polar surface area (TPSA) is 209 Å². The number of benzene rings is 1. The number of carbonyl (C=O) groups excluding carboxylic acids is 8. The lowest BCUT2D eigenvalue weighted by Gasteiger charge is -2.25. The van der Waals surface area contributed by atoms with Gasteiger partial charge in [-0.2, -0.15) is 0 Å². The van der Waals surface area contributed by atoms with Crippen molar-refractivity contribution in [3.63, 3.8) is 0 Å². The number of aryl methyl sites for hydroxylation is 1. The normalized spacial score (nSPS) is 16.9. The van der Waals surface area contributed by atoms with Crippen LogP contribution in [0, 0.1) is 22.7 Å². The number of nitrogens with zero attached hydrogens (tertiary/aromatic N) is 1. The summed E-state index contributed by atoms with van der Waals surface area (Å²) in [4.78, 5) is 102. The minimum absolute atomic E-state index is 0.0266. The lowest BCUT2D eigenvalue weighted by Crippen LogP contribution is -2.51. The van der Waals surface area contributed by atoms with Gasteiger partial charge in [-0.1, -0.05) is 78.3 Å². The first-order valence-electron chi connectivity index (χ1n) is 19.3. The molecule has 0 spiro atoms. The molecule has 1 saturated heterocycles. The van der Waals surface area contributed by atoms with E-state index in [0.717, 1.165) is 18.4 Å². The predicted molar refractivity (Wildman–Crippen MR) is 204 cm³/mol. The van der Waals surface area contributed by atoms with Gasteiger partial charge < -0.3 is 31.3 Å². The summed E-state index contributed by atoms with van der Waals surface area (Å²) >= 11 is 0. The fourth-order valence-electron chi connectivity index (χ4n) is 6.12. The average molecular weight is 769 g/mol. The Morgan fingerprint density at radius 3 is 2.02 bits per heavy atom. The monoisotopic (exact) mass is 768 g/mol. The Morgan fingerprint density at radius 1 is 0.782 bits per heavy atom. The zero-order valence-electron chi connectivity index (χ0n) is 33.2. The number of hydrogen-bond donors (Lipinski definition) is 5. The molecule has 0 aromatic heterocycles.